The van der Waals surface area contributed by atoms with Crippen molar-refractivity contribution in [3.63, 3.8) is 0 Å². The maximum Gasteiger partial charge on any atom is 0.0195 e. The minimum absolute atomic E-state index is 0.671. The molecule has 1 heterocycles. The minimum Gasteiger partial charge on any atom is -0.330 e. The van der Waals surface area contributed by atoms with Crippen molar-refractivity contribution in [3.05, 3.63) is 0 Å². The summed E-state index contributed by atoms with van der Waals surface area (Å²) in [7, 11) is 2.27. The summed E-state index contributed by atoms with van der Waals surface area (Å²) in [6.07, 6.45) is 5.46. The van der Waals surface area contributed by atoms with Crippen molar-refractivity contribution in [2.45, 2.75) is 64.6 Å². The maximum atomic E-state index is 6.05. The van der Waals surface area contributed by atoms with Gasteiger partial charge in [0.25, 0.3) is 0 Å². The number of hydrogen-bond donors (Lipinski definition) is 1. The smallest absolute Gasteiger partial charge is 0.0195 e. The highest BCUT2D eigenvalue weighted by atomic mass is 15.3. The van der Waals surface area contributed by atoms with Gasteiger partial charge in [-0.15, -0.1) is 0 Å². The van der Waals surface area contributed by atoms with Crippen LogP contribution in [0.15, 0.2) is 0 Å². The van der Waals surface area contributed by atoms with Crippen molar-refractivity contribution < 1.29 is 0 Å². The molecule has 3 heteroatoms. The van der Waals surface area contributed by atoms with Crippen LogP contribution in [0.4, 0.5) is 0 Å². The van der Waals surface area contributed by atoms with Gasteiger partial charge in [0.1, 0.15) is 0 Å². The van der Waals surface area contributed by atoms with Crippen LogP contribution in [0.3, 0.4) is 0 Å². The van der Waals surface area contributed by atoms with Gasteiger partial charge < -0.3 is 5.73 Å². The van der Waals surface area contributed by atoms with Crippen LogP contribution in [-0.2, 0) is 0 Å². The summed E-state index contributed by atoms with van der Waals surface area (Å²) in [4.78, 5) is 5.28. The Kier molecular flexibility index (Phi) is 5.27. The molecular weight excluding hydrogens is 234 g/mol. The molecule has 2 fully saturated rings. The third-order valence-electron chi connectivity index (χ3n) is 5.80. The molecule has 0 amide bonds. The van der Waals surface area contributed by atoms with Gasteiger partial charge in [-0.1, -0.05) is 19.8 Å². The Morgan fingerprint density at radius 3 is 2.26 bits per heavy atom. The van der Waals surface area contributed by atoms with Crippen molar-refractivity contribution in [3.8, 4) is 0 Å². The number of hydrogen-bond acceptors (Lipinski definition) is 3. The number of nitrogens with two attached hydrogens (primary N) is 1. The summed E-state index contributed by atoms with van der Waals surface area (Å²) in [6.45, 7) is 10.4. The Morgan fingerprint density at radius 1 is 1.11 bits per heavy atom. The Balaban J connectivity index is 2.04. The fourth-order valence-electron chi connectivity index (χ4n) is 4.10. The highest BCUT2D eigenvalue weighted by molar-refractivity contribution is 4.92. The van der Waals surface area contributed by atoms with E-state index in [-0.39, 0.29) is 0 Å². The van der Waals surface area contributed by atoms with Crippen LogP contribution in [0, 0.1) is 11.8 Å². The Hall–Kier alpha value is -0.120. The molecule has 1 aliphatic heterocycles. The molecule has 0 spiro atoms. The molecule has 1 saturated carbocycles. The third-order valence-corrected chi connectivity index (χ3v) is 5.80. The fraction of sp³-hybridized carbons (Fsp3) is 1.00. The predicted molar refractivity (Wildman–Crippen MR) is 82.2 cm³/mol. The summed E-state index contributed by atoms with van der Waals surface area (Å²) in [5.41, 5.74) is 6.05. The Labute approximate surface area is 119 Å². The van der Waals surface area contributed by atoms with Crippen molar-refractivity contribution in [2.75, 3.05) is 26.7 Å². The largest absolute Gasteiger partial charge is 0.330 e. The van der Waals surface area contributed by atoms with E-state index < -0.39 is 0 Å². The van der Waals surface area contributed by atoms with E-state index in [2.05, 4.69) is 37.6 Å². The lowest BCUT2D eigenvalue weighted by atomic mass is 9.76. The first-order valence-electron chi connectivity index (χ1n) is 8.22. The molecule has 0 radical (unpaired) electrons. The molecule has 19 heavy (non-hydrogen) atoms. The molecule has 112 valence electrons. The summed E-state index contributed by atoms with van der Waals surface area (Å²) < 4.78 is 0. The van der Waals surface area contributed by atoms with E-state index in [1.54, 1.807) is 0 Å². The van der Waals surface area contributed by atoms with Gasteiger partial charge in [-0.3, -0.25) is 9.80 Å². The van der Waals surface area contributed by atoms with E-state index >= 15 is 0 Å². The zero-order valence-electron chi connectivity index (χ0n) is 13.3. The molecule has 0 aromatic rings. The lowest BCUT2D eigenvalue weighted by Crippen LogP contribution is -2.60. The molecule has 1 saturated heterocycles. The normalized spacial score (nSPS) is 42.5. The quantitative estimate of drug-likeness (QED) is 0.850. The summed E-state index contributed by atoms with van der Waals surface area (Å²) in [5, 5.41) is 0. The average Bonchev–Trinajstić information content (AvgIpc) is 2.43. The van der Waals surface area contributed by atoms with Crippen molar-refractivity contribution in [2.24, 2.45) is 17.6 Å². The number of nitrogens with zero attached hydrogens (tertiary/aromatic N) is 2. The first-order chi connectivity index (χ1) is 9.06. The van der Waals surface area contributed by atoms with E-state index in [1.807, 2.05) is 0 Å². The Morgan fingerprint density at radius 2 is 1.74 bits per heavy atom. The molecule has 0 bridgehead atoms. The monoisotopic (exact) mass is 267 g/mol. The third kappa shape index (κ3) is 3.32. The first kappa shape index (κ1) is 15.3. The Bertz CT molecular complexity index is 269. The molecule has 5 atom stereocenters. The summed E-state index contributed by atoms with van der Waals surface area (Å²) in [6, 6.07) is 2.08. The van der Waals surface area contributed by atoms with Crippen LogP contribution >= 0.6 is 0 Å². The second-order valence-electron chi connectivity index (χ2n) is 6.97. The van der Waals surface area contributed by atoms with E-state index in [0.29, 0.717) is 12.1 Å². The lowest BCUT2D eigenvalue weighted by Gasteiger charge is -2.49. The van der Waals surface area contributed by atoms with E-state index in [0.717, 1.165) is 24.4 Å². The van der Waals surface area contributed by atoms with Crippen LogP contribution < -0.4 is 5.73 Å². The van der Waals surface area contributed by atoms with E-state index in [1.165, 1.54) is 38.8 Å². The van der Waals surface area contributed by atoms with Crippen LogP contribution in [0.5, 0.6) is 0 Å². The van der Waals surface area contributed by atoms with Crippen molar-refractivity contribution in [1.29, 1.82) is 0 Å². The highest BCUT2D eigenvalue weighted by Gasteiger charge is 2.37. The average molecular weight is 267 g/mol. The lowest BCUT2D eigenvalue weighted by molar-refractivity contribution is -0.00402. The molecule has 0 aromatic heterocycles. The second kappa shape index (κ2) is 6.55. The van der Waals surface area contributed by atoms with Gasteiger partial charge in [-0.2, -0.15) is 0 Å². The van der Waals surface area contributed by atoms with Gasteiger partial charge in [0.15, 0.2) is 0 Å². The molecule has 2 aliphatic rings. The fourth-order valence-corrected chi connectivity index (χ4v) is 4.10. The van der Waals surface area contributed by atoms with Gasteiger partial charge in [0.2, 0.25) is 0 Å². The zero-order chi connectivity index (χ0) is 14.0. The highest BCUT2D eigenvalue weighted by Crippen LogP contribution is 2.35. The van der Waals surface area contributed by atoms with E-state index in [4.69, 9.17) is 5.73 Å². The minimum atomic E-state index is 0.671. The molecule has 3 nitrogen and oxygen atoms in total. The molecule has 2 N–H and O–H groups in total. The van der Waals surface area contributed by atoms with Gasteiger partial charge >= 0.3 is 0 Å². The van der Waals surface area contributed by atoms with Crippen molar-refractivity contribution in [1.82, 2.24) is 9.80 Å². The summed E-state index contributed by atoms with van der Waals surface area (Å²) >= 11 is 0. The van der Waals surface area contributed by atoms with Gasteiger partial charge in [-0.25, -0.2) is 0 Å². The van der Waals surface area contributed by atoms with Gasteiger partial charge in [0.05, 0.1) is 0 Å². The van der Waals surface area contributed by atoms with Crippen LogP contribution in [-0.4, -0.2) is 54.6 Å². The SMILES string of the molecule is CCC1CCC(CN)C(N2CC(C)N(C)C(C)C2)C1. The zero-order valence-corrected chi connectivity index (χ0v) is 13.3. The predicted octanol–water partition coefficient (Wildman–Crippen LogP) is 2.16. The number of likely N-dealkylation sites (N-methyl/N-ethyl adjacent to an activating group) is 1. The topological polar surface area (TPSA) is 32.5 Å². The second-order valence-corrected chi connectivity index (χ2v) is 6.97. The standard InChI is InChI=1S/C16H33N3/c1-5-14-6-7-15(9-17)16(8-14)19-10-12(2)18(4)13(3)11-19/h12-16H,5-11,17H2,1-4H3. The molecule has 1 aliphatic carbocycles. The molecule has 5 unspecified atom stereocenters. The van der Waals surface area contributed by atoms with Crippen LogP contribution in [0.25, 0.3) is 0 Å². The summed E-state index contributed by atoms with van der Waals surface area (Å²) in [5.74, 6) is 1.66. The van der Waals surface area contributed by atoms with Gasteiger partial charge in [0, 0.05) is 31.2 Å². The van der Waals surface area contributed by atoms with Crippen LogP contribution in [0.2, 0.25) is 0 Å². The van der Waals surface area contributed by atoms with Crippen LogP contribution in [0.1, 0.15) is 46.5 Å². The number of piperazine rings is 1. The van der Waals surface area contributed by atoms with E-state index in [9.17, 15) is 0 Å². The first-order valence-corrected chi connectivity index (χ1v) is 8.22. The van der Waals surface area contributed by atoms with Crippen molar-refractivity contribution >= 4 is 0 Å². The maximum absolute atomic E-state index is 6.05. The number of rotatable bonds is 3. The molecular formula is C16H33N3. The molecule has 2 rings (SSSR count). The van der Waals surface area contributed by atoms with Gasteiger partial charge in [-0.05, 0) is 52.1 Å². The molecule has 0 aromatic carbocycles.